The van der Waals surface area contributed by atoms with Crippen molar-refractivity contribution in [2.75, 3.05) is 13.1 Å². The summed E-state index contributed by atoms with van der Waals surface area (Å²) in [4.78, 5) is 12.0. The van der Waals surface area contributed by atoms with Gasteiger partial charge in [-0.05, 0) is 24.4 Å². The second-order valence-electron chi connectivity index (χ2n) is 5.07. The van der Waals surface area contributed by atoms with Crippen LogP contribution in [-0.4, -0.2) is 24.2 Å². The van der Waals surface area contributed by atoms with Crippen molar-refractivity contribution in [2.24, 2.45) is 5.92 Å². The zero-order valence-corrected chi connectivity index (χ0v) is 11.5. The molecule has 2 N–H and O–H groups in total. The lowest BCUT2D eigenvalue weighted by atomic mass is 9.91. The van der Waals surface area contributed by atoms with Crippen molar-refractivity contribution < 1.29 is 9.90 Å². The van der Waals surface area contributed by atoms with Gasteiger partial charge in [-0.15, -0.1) is 11.3 Å². The molecule has 1 aromatic rings. The fraction of sp³-hybridized carbons (Fsp3) is 0.615. The molecule has 0 saturated carbocycles. The molecule has 1 rings (SSSR count). The third-order valence-electron chi connectivity index (χ3n) is 2.93. The van der Waals surface area contributed by atoms with Gasteiger partial charge >= 0.3 is 5.97 Å². The lowest BCUT2D eigenvalue weighted by Gasteiger charge is -2.24. The molecule has 0 aliphatic rings. The normalized spacial score (nSPS) is 13.6. The molecule has 0 aliphatic heterocycles. The molecule has 1 atom stereocenters. The van der Waals surface area contributed by atoms with E-state index in [1.165, 1.54) is 4.88 Å². The number of carbonyl (C=O) groups is 1. The summed E-state index contributed by atoms with van der Waals surface area (Å²) in [5, 5.41) is 14.2. The first kappa shape index (κ1) is 14.2. The molecule has 0 aromatic carbocycles. The van der Waals surface area contributed by atoms with E-state index in [2.05, 4.69) is 36.7 Å². The highest BCUT2D eigenvalue weighted by Crippen LogP contribution is 2.26. The van der Waals surface area contributed by atoms with Crippen molar-refractivity contribution in [2.45, 2.75) is 32.6 Å². The van der Waals surface area contributed by atoms with Gasteiger partial charge in [0.2, 0.25) is 0 Å². The standard InChI is InChI=1S/C13H21NO2S/c1-10(12(15)16)6-7-14-9-13(2,3)11-5-4-8-17-11/h4-5,8,10,14H,6-7,9H2,1-3H3,(H,15,16). The SMILES string of the molecule is CC(CCNCC(C)(C)c1cccs1)C(=O)O. The van der Waals surface area contributed by atoms with E-state index in [1.54, 1.807) is 18.3 Å². The second kappa shape index (κ2) is 6.17. The molecule has 1 unspecified atom stereocenters. The van der Waals surface area contributed by atoms with Crippen molar-refractivity contribution in [3.63, 3.8) is 0 Å². The van der Waals surface area contributed by atoms with Crippen LogP contribution in [0.2, 0.25) is 0 Å². The van der Waals surface area contributed by atoms with E-state index in [0.717, 1.165) is 13.1 Å². The molecule has 4 heteroatoms. The van der Waals surface area contributed by atoms with E-state index in [9.17, 15) is 4.79 Å². The summed E-state index contributed by atoms with van der Waals surface area (Å²) in [6.45, 7) is 7.77. The Kier molecular flexibility index (Phi) is 5.15. The van der Waals surface area contributed by atoms with Crippen LogP contribution in [0.5, 0.6) is 0 Å². The van der Waals surface area contributed by atoms with E-state index in [0.29, 0.717) is 6.42 Å². The van der Waals surface area contributed by atoms with E-state index >= 15 is 0 Å². The summed E-state index contributed by atoms with van der Waals surface area (Å²) in [6.07, 6.45) is 0.676. The molecule has 0 fully saturated rings. The third kappa shape index (κ3) is 4.48. The summed E-state index contributed by atoms with van der Waals surface area (Å²) >= 11 is 1.76. The van der Waals surface area contributed by atoms with Gasteiger partial charge in [-0.3, -0.25) is 4.79 Å². The number of aliphatic carboxylic acids is 1. The highest BCUT2D eigenvalue weighted by Gasteiger charge is 2.21. The van der Waals surface area contributed by atoms with Crippen molar-refractivity contribution >= 4 is 17.3 Å². The topological polar surface area (TPSA) is 49.3 Å². The van der Waals surface area contributed by atoms with E-state index in [4.69, 9.17) is 5.11 Å². The van der Waals surface area contributed by atoms with Gasteiger partial charge in [-0.2, -0.15) is 0 Å². The van der Waals surface area contributed by atoms with Crippen LogP contribution < -0.4 is 5.32 Å². The first-order chi connectivity index (χ1) is 7.93. The van der Waals surface area contributed by atoms with Crippen molar-refractivity contribution in [1.82, 2.24) is 5.32 Å². The van der Waals surface area contributed by atoms with E-state index in [1.807, 2.05) is 0 Å². The van der Waals surface area contributed by atoms with Crippen molar-refractivity contribution in [1.29, 1.82) is 0 Å². The number of carboxylic acids is 1. The number of carboxylic acid groups (broad SMARTS) is 1. The first-order valence-corrected chi connectivity index (χ1v) is 6.79. The summed E-state index contributed by atoms with van der Waals surface area (Å²) in [5.74, 6) is -0.989. The Bertz CT molecular complexity index is 346. The molecule has 17 heavy (non-hydrogen) atoms. The first-order valence-electron chi connectivity index (χ1n) is 5.91. The molecule has 0 amide bonds. The average molecular weight is 255 g/mol. The van der Waals surface area contributed by atoms with Gasteiger partial charge in [0.25, 0.3) is 0 Å². The molecule has 0 aliphatic carbocycles. The molecule has 1 aromatic heterocycles. The molecule has 0 bridgehead atoms. The van der Waals surface area contributed by atoms with Gasteiger partial charge < -0.3 is 10.4 Å². The van der Waals surface area contributed by atoms with Crippen LogP contribution in [-0.2, 0) is 10.2 Å². The Morgan fingerprint density at radius 3 is 2.82 bits per heavy atom. The number of nitrogens with one attached hydrogen (secondary N) is 1. The van der Waals surface area contributed by atoms with Gasteiger partial charge in [0.1, 0.15) is 0 Å². The Morgan fingerprint density at radius 1 is 1.59 bits per heavy atom. The van der Waals surface area contributed by atoms with Crippen LogP contribution in [0, 0.1) is 5.92 Å². The lowest BCUT2D eigenvalue weighted by molar-refractivity contribution is -0.141. The van der Waals surface area contributed by atoms with Crippen LogP contribution >= 0.6 is 11.3 Å². The number of hydrogen-bond donors (Lipinski definition) is 2. The van der Waals surface area contributed by atoms with Crippen LogP contribution in [0.3, 0.4) is 0 Å². The van der Waals surface area contributed by atoms with Gasteiger partial charge in [0.05, 0.1) is 5.92 Å². The van der Waals surface area contributed by atoms with Crippen LogP contribution in [0.4, 0.5) is 0 Å². The van der Waals surface area contributed by atoms with E-state index < -0.39 is 5.97 Å². The summed E-state index contributed by atoms with van der Waals surface area (Å²) in [7, 11) is 0. The number of hydrogen-bond acceptors (Lipinski definition) is 3. The van der Waals surface area contributed by atoms with Crippen LogP contribution in [0.25, 0.3) is 0 Å². The highest BCUT2D eigenvalue weighted by atomic mass is 32.1. The fourth-order valence-electron chi connectivity index (χ4n) is 1.59. The predicted molar refractivity (Wildman–Crippen MR) is 71.6 cm³/mol. The molecule has 1 heterocycles. The van der Waals surface area contributed by atoms with Gasteiger partial charge in [-0.25, -0.2) is 0 Å². The maximum atomic E-state index is 10.7. The van der Waals surface area contributed by atoms with Gasteiger partial charge in [0.15, 0.2) is 0 Å². The average Bonchev–Trinajstić information content (AvgIpc) is 2.77. The molecule has 96 valence electrons. The Balaban J connectivity index is 2.29. The maximum Gasteiger partial charge on any atom is 0.306 e. The van der Waals surface area contributed by atoms with Crippen LogP contribution in [0.1, 0.15) is 32.1 Å². The minimum atomic E-state index is -0.718. The zero-order chi connectivity index (χ0) is 12.9. The van der Waals surface area contributed by atoms with Gasteiger partial charge in [0, 0.05) is 16.8 Å². The lowest BCUT2D eigenvalue weighted by Crippen LogP contribution is -2.33. The number of rotatable bonds is 7. The maximum absolute atomic E-state index is 10.7. The molecular formula is C13H21NO2S. The minimum Gasteiger partial charge on any atom is -0.481 e. The Labute approximate surface area is 107 Å². The monoisotopic (exact) mass is 255 g/mol. The molecule has 0 radical (unpaired) electrons. The molecule has 3 nitrogen and oxygen atoms in total. The molecule has 0 spiro atoms. The Hall–Kier alpha value is -0.870. The van der Waals surface area contributed by atoms with Gasteiger partial charge in [-0.1, -0.05) is 26.8 Å². The number of thiophene rings is 1. The largest absolute Gasteiger partial charge is 0.481 e. The van der Waals surface area contributed by atoms with E-state index in [-0.39, 0.29) is 11.3 Å². The highest BCUT2D eigenvalue weighted by molar-refractivity contribution is 7.10. The fourth-order valence-corrected chi connectivity index (χ4v) is 2.45. The third-order valence-corrected chi connectivity index (χ3v) is 4.17. The summed E-state index contributed by atoms with van der Waals surface area (Å²) in [6, 6.07) is 4.21. The molecule has 0 saturated heterocycles. The zero-order valence-electron chi connectivity index (χ0n) is 10.7. The minimum absolute atomic E-state index is 0.112. The van der Waals surface area contributed by atoms with Crippen molar-refractivity contribution in [3.05, 3.63) is 22.4 Å². The Morgan fingerprint density at radius 2 is 2.29 bits per heavy atom. The van der Waals surface area contributed by atoms with Crippen LogP contribution in [0.15, 0.2) is 17.5 Å². The second-order valence-corrected chi connectivity index (χ2v) is 6.01. The predicted octanol–water partition coefficient (Wildman–Crippen LogP) is 2.73. The smallest absolute Gasteiger partial charge is 0.306 e. The summed E-state index contributed by atoms with van der Waals surface area (Å²) < 4.78 is 0. The molecular weight excluding hydrogens is 234 g/mol. The summed E-state index contributed by atoms with van der Waals surface area (Å²) in [5.41, 5.74) is 0.112. The quantitative estimate of drug-likeness (QED) is 0.737. The van der Waals surface area contributed by atoms with Crippen molar-refractivity contribution in [3.8, 4) is 0 Å².